The van der Waals surface area contributed by atoms with Crippen LogP contribution in [0.15, 0.2) is 29.2 Å². The smallest absolute Gasteiger partial charge is 0.179 e. The van der Waals surface area contributed by atoms with Crippen molar-refractivity contribution in [3.8, 4) is 6.07 Å². The van der Waals surface area contributed by atoms with Gasteiger partial charge in [-0.25, -0.2) is 8.42 Å². The molecule has 6 heteroatoms. The van der Waals surface area contributed by atoms with Gasteiger partial charge in [-0.1, -0.05) is 6.07 Å². The van der Waals surface area contributed by atoms with E-state index in [0.29, 0.717) is 24.2 Å². The second kappa shape index (κ2) is 6.56. The minimum atomic E-state index is -3.35. The van der Waals surface area contributed by atoms with Gasteiger partial charge in [0.15, 0.2) is 9.84 Å². The van der Waals surface area contributed by atoms with Crippen molar-refractivity contribution in [3.63, 3.8) is 0 Å². The van der Waals surface area contributed by atoms with Crippen LogP contribution in [-0.2, 0) is 9.84 Å². The highest BCUT2D eigenvalue weighted by Gasteiger charge is 2.24. The van der Waals surface area contributed by atoms with E-state index in [0.717, 1.165) is 13.1 Å². The fourth-order valence-electron chi connectivity index (χ4n) is 2.52. The van der Waals surface area contributed by atoms with Gasteiger partial charge in [-0.3, -0.25) is 4.90 Å². The Labute approximate surface area is 126 Å². The average Bonchev–Trinajstić information content (AvgIpc) is 2.48. The zero-order valence-electron chi connectivity index (χ0n) is 12.4. The molecule has 1 heterocycles. The maximum Gasteiger partial charge on any atom is 0.179 e. The second-order valence-electron chi connectivity index (χ2n) is 5.61. The minimum absolute atomic E-state index is 0.0823. The number of nitrogens with one attached hydrogen (secondary N) is 1. The lowest BCUT2D eigenvalue weighted by atomic mass is 10.1. The van der Waals surface area contributed by atoms with Gasteiger partial charge >= 0.3 is 0 Å². The number of hydrogen-bond donors (Lipinski definition) is 1. The lowest BCUT2D eigenvalue weighted by Gasteiger charge is -2.37. The van der Waals surface area contributed by atoms with Crippen LogP contribution in [0.3, 0.4) is 0 Å². The number of rotatable bonds is 4. The maximum absolute atomic E-state index is 12.4. The summed E-state index contributed by atoms with van der Waals surface area (Å²) >= 11 is 0. The molecule has 1 aliphatic heterocycles. The summed E-state index contributed by atoms with van der Waals surface area (Å²) in [6.45, 7) is 6.46. The summed E-state index contributed by atoms with van der Waals surface area (Å²) < 4.78 is 24.8. The Bertz CT molecular complexity index is 637. The van der Waals surface area contributed by atoms with Crippen LogP contribution in [0.1, 0.15) is 19.4 Å². The van der Waals surface area contributed by atoms with Crippen LogP contribution in [0.25, 0.3) is 0 Å². The number of piperazine rings is 1. The summed E-state index contributed by atoms with van der Waals surface area (Å²) in [6.07, 6.45) is 0. The Morgan fingerprint density at radius 1 is 1.43 bits per heavy atom. The average molecular weight is 307 g/mol. The molecule has 2 rings (SSSR count). The van der Waals surface area contributed by atoms with Crippen molar-refractivity contribution in [2.45, 2.75) is 30.8 Å². The fraction of sp³-hybridized carbons (Fsp3) is 0.533. The van der Waals surface area contributed by atoms with E-state index < -0.39 is 9.84 Å². The number of benzene rings is 1. The van der Waals surface area contributed by atoms with Crippen LogP contribution in [0, 0.1) is 11.3 Å². The van der Waals surface area contributed by atoms with Crippen molar-refractivity contribution in [2.75, 3.05) is 25.4 Å². The van der Waals surface area contributed by atoms with Crippen LogP contribution in [-0.4, -0.2) is 50.8 Å². The summed E-state index contributed by atoms with van der Waals surface area (Å²) in [4.78, 5) is 2.43. The Morgan fingerprint density at radius 2 is 2.19 bits per heavy atom. The molecule has 1 saturated heterocycles. The lowest BCUT2D eigenvalue weighted by molar-refractivity contribution is 0.155. The number of nitriles is 1. The van der Waals surface area contributed by atoms with E-state index in [1.165, 1.54) is 6.07 Å². The molecule has 1 fully saturated rings. The van der Waals surface area contributed by atoms with Gasteiger partial charge in [-0.15, -0.1) is 0 Å². The van der Waals surface area contributed by atoms with Gasteiger partial charge in [0, 0.05) is 31.7 Å². The topological polar surface area (TPSA) is 73.2 Å². The van der Waals surface area contributed by atoms with Gasteiger partial charge in [-0.05, 0) is 32.0 Å². The first-order chi connectivity index (χ1) is 9.92. The normalized spacial score (nSPS) is 23.7. The van der Waals surface area contributed by atoms with E-state index in [-0.39, 0.29) is 10.6 Å². The number of nitrogens with zero attached hydrogens (tertiary/aromatic N) is 2. The predicted molar refractivity (Wildman–Crippen MR) is 81.7 cm³/mol. The van der Waals surface area contributed by atoms with Crippen LogP contribution < -0.4 is 5.32 Å². The van der Waals surface area contributed by atoms with E-state index in [1.807, 2.05) is 6.07 Å². The fourth-order valence-corrected chi connectivity index (χ4v) is 3.83. The monoisotopic (exact) mass is 307 g/mol. The molecule has 0 amide bonds. The maximum atomic E-state index is 12.4. The molecule has 2 unspecified atom stereocenters. The summed E-state index contributed by atoms with van der Waals surface area (Å²) in [7, 11) is -3.35. The van der Waals surface area contributed by atoms with Crippen LogP contribution in [0.2, 0.25) is 0 Å². The van der Waals surface area contributed by atoms with E-state index in [9.17, 15) is 8.42 Å². The molecule has 0 spiro atoms. The predicted octanol–water partition coefficient (Wildman–Crippen LogP) is 1.01. The standard InChI is InChI=1S/C15H21N3O2S/c1-12-11-18(13(2)10-17-12)6-7-21(19,20)15-5-3-4-14(8-15)9-16/h3-5,8,12-13,17H,6-7,10-11H2,1-2H3. The van der Waals surface area contributed by atoms with Gasteiger partial charge in [0.1, 0.15) is 0 Å². The van der Waals surface area contributed by atoms with Crippen LogP contribution >= 0.6 is 0 Å². The molecule has 0 bridgehead atoms. The molecule has 1 aliphatic rings. The van der Waals surface area contributed by atoms with Crippen LogP contribution in [0.5, 0.6) is 0 Å². The highest BCUT2D eigenvalue weighted by atomic mass is 32.2. The van der Waals surface area contributed by atoms with Crippen LogP contribution in [0.4, 0.5) is 0 Å². The molecular formula is C15H21N3O2S. The SMILES string of the molecule is CC1CN(CCS(=O)(=O)c2cccc(C#N)c2)C(C)CN1. The molecule has 0 aromatic heterocycles. The molecule has 0 aliphatic carbocycles. The third-order valence-corrected chi connectivity index (χ3v) is 5.56. The third kappa shape index (κ3) is 4.03. The zero-order chi connectivity index (χ0) is 15.5. The van der Waals surface area contributed by atoms with Gasteiger partial charge in [0.25, 0.3) is 0 Å². The number of hydrogen-bond acceptors (Lipinski definition) is 5. The van der Waals surface area contributed by atoms with Crippen molar-refractivity contribution in [2.24, 2.45) is 0 Å². The summed E-state index contributed by atoms with van der Waals surface area (Å²) in [5, 5.41) is 12.2. The summed E-state index contributed by atoms with van der Waals surface area (Å²) in [5.41, 5.74) is 0.375. The molecule has 5 nitrogen and oxygen atoms in total. The van der Waals surface area contributed by atoms with E-state index in [4.69, 9.17) is 5.26 Å². The molecule has 1 aromatic carbocycles. The molecule has 1 aromatic rings. The molecule has 21 heavy (non-hydrogen) atoms. The van der Waals surface area contributed by atoms with E-state index in [1.54, 1.807) is 18.2 Å². The highest BCUT2D eigenvalue weighted by Crippen LogP contribution is 2.14. The Kier molecular flexibility index (Phi) is 4.99. The van der Waals surface area contributed by atoms with Crippen molar-refractivity contribution in [1.82, 2.24) is 10.2 Å². The first-order valence-electron chi connectivity index (χ1n) is 7.13. The van der Waals surface area contributed by atoms with E-state index >= 15 is 0 Å². The Morgan fingerprint density at radius 3 is 2.90 bits per heavy atom. The second-order valence-corrected chi connectivity index (χ2v) is 7.72. The zero-order valence-corrected chi connectivity index (χ0v) is 13.2. The molecular weight excluding hydrogens is 286 g/mol. The third-order valence-electron chi connectivity index (χ3n) is 3.86. The van der Waals surface area contributed by atoms with Crippen molar-refractivity contribution >= 4 is 9.84 Å². The summed E-state index contributed by atoms with van der Waals surface area (Å²) in [6, 6.07) is 8.91. The molecule has 2 atom stereocenters. The first-order valence-corrected chi connectivity index (χ1v) is 8.78. The molecule has 0 saturated carbocycles. The van der Waals surface area contributed by atoms with Gasteiger partial charge in [0.2, 0.25) is 0 Å². The lowest BCUT2D eigenvalue weighted by Crippen LogP contribution is -2.55. The van der Waals surface area contributed by atoms with Crippen molar-refractivity contribution in [1.29, 1.82) is 5.26 Å². The molecule has 1 N–H and O–H groups in total. The number of sulfone groups is 1. The molecule has 114 valence electrons. The largest absolute Gasteiger partial charge is 0.311 e. The Hall–Kier alpha value is -1.42. The van der Waals surface area contributed by atoms with Crippen molar-refractivity contribution < 1.29 is 8.42 Å². The molecule has 0 radical (unpaired) electrons. The summed E-state index contributed by atoms with van der Waals surface area (Å²) in [5.74, 6) is 0.0823. The quantitative estimate of drug-likeness (QED) is 0.899. The van der Waals surface area contributed by atoms with Gasteiger partial charge < -0.3 is 5.32 Å². The first kappa shape index (κ1) is 16.0. The van der Waals surface area contributed by atoms with E-state index in [2.05, 4.69) is 24.1 Å². The van der Waals surface area contributed by atoms with Gasteiger partial charge in [-0.2, -0.15) is 5.26 Å². The van der Waals surface area contributed by atoms with Crippen molar-refractivity contribution in [3.05, 3.63) is 29.8 Å². The highest BCUT2D eigenvalue weighted by molar-refractivity contribution is 7.91. The Balaban J connectivity index is 2.05. The van der Waals surface area contributed by atoms with Gasteiger partial charge in [0.05, 0.1) is 22.3 Å². The minimum Gasteiger partial charge on any atom is -0.311 e.